The zero-order valence-electron chi connectivity index (χ0n) is 14.7. The zero-order valence-corrected chi connectivity index (χ0v) is 15.5. The largest absolute Gasteiger partial charge is 0.467 e. The van der Waals surface area contributed by atoms with Crippen molar-refractivity contribution in [3.05, 3.63) is 72.1 Å². The van der Waals surface area contributed by atoms with Crippen molar-refractivity contribution in [1.29, 1.82) is 0 Å². The van der Waals surface area contributed by atoms with Gasteiger partial charge < -0.3 is 19.1 Å². The van der Waals surface area contributed by atoms with E-state index in [1.165, 1.54) is 11.8 Å². The first-order valence-electron chi connectivity index (χ1n) is 8.56. The molecule has 7 heteroatoms. The topological polar surface area (TPSA) is 75.7 Å². The molecule has 138 valence electrons. The number of carbonyl (C=O) groups is 2. The molecule has 3 aromatic rings. The van der Waals surface area contributed by atoms with Gasteiger partial charge in [-0.2, -0.15) is 0 Å². The molecule has 3 heterocycles. The van der Waals surface area contributed by atoms with E-state index in [9.17, 15) is 9.59 Å². The van der Waals surface area contributed by atoms with Gasteiger partial charge in [0.25, 0.3) is 5.91 Å². The monoisotopic (exact) mass is 382 g/mol. The van der Waals surface area contributed by atoms with Crippen molar-refractivity contribution in [2.45, 2.75) is 30.2 Å². The van der Waals surface area contributed by atoms with Crippen LogP contribution in [-0.4, -0.2) is 22.0 Å². The highest BCUT2D eigenvalue weighted by molar-refractivity contribution is 8.00. The van der Waals surface area contributed by atoms with Crippen molar-refractivity contribution in [2.24, 2.45) is 0 Å². The molecule has 1 aromatic carbocycles. The molecule has 27 heavy (non-hydrogen) atoms. The summed E-state index contributed by atoms with van der Waals surface area (Å²) < 4.78 is 10.8. The summed E-state index contributed by atoms with van der Waals surface area (Å²) in [6, 6.07) is 12.6. The van der Waals surface area contributed by atoms with Crippen LogP contribution < -0.4 is 5.32 Å². The average Bonchev–Trinajstić information content (AvgIpc) is 3.35. The molecule has 6 nitrogen and oxygen atoms in total. The normalized spacial score (nSPS) is 15.9. The number of anilines is 1. The van der Waals surface area contributed by atoms with E-state index >= 15 is 0 Å². The SMILES string of the molecule is CC1Sc2ccc(C(=O)N(Cc3ccco3)Cc3ccco3)cc2NC1=O. The molecule has 0 saturated carbocycles. The van der Waals surface area contributed by atoms with Crippen molar-refractivity contribution in [3.63, 3.8) is 0 Å². The third-order valence-electron chi connectivity index (χ3n) is 4.30. The Bertz CT molecular complexity index is 914. The molecule has 0 saturated heterocycles. The third kappa shape index (κ3) is 3.78. The van der Waals surface area contributed by atoms with E-state index in [2.05, 4.69) is 5.32 Å². The van der Waals surface area contributed by atoms with Crippen LogP contribution in [0.1, 0.15) is 28.8 Å². The molecular formula is C20H18N2O4S. The quantitative estimate of drug-likeness (QED) is 0.717. The van der Waals surface area contributed by atoms with E-state index in [1.807, 2.05) is 25.1 Å². The van der Waals surface area contributed by atoms with Gasteiger partial charge in [0.15, 0.2) is 0 Å². The number of thioether (sulfide) groups is 1. The van der Waals surface area contributed by atoms with Gasteiger partial charge in [-0.3, -0.25) is 9.59 Å². The second-order valence-corrected chi connectivity index (χ2v) is 7.66. The highest BCUT2D eigenvalue weighted by Crippen LogP contribution is 2.36. The van der Waals surface area contributed by atoms with Crippen molar-refractivity contribution in [1.82, 2.24) is 4.90 Å². The molecule has 1 aliphatic rings. The lowest BCUT2D eigenvalue weighted by Crippen LogP contribution is -2.30. The number of furan rings is 2. The van der Waals surface area contributed by atoms with Gasteiger partial charge in [-0.05, 0) is 49.4 Å². The maximum absolute atomic E-state index is 13.2. The van der Waals surface area contributed by atoms with E-state index in [1.54, 1.807) is 41.7 Å². The number of fused-ring (bicyclic) bond motifs is 1. The van der Waals surface area contributed by atoms with Crippen molar-refractivity contribution in [3.8, 4) is 0 Å². The van der Waals surface area contributed by atoms with Crippen LogP contribution in [0.2, 0.25) is 0 Å². The van der Waals surface area contributed by atoms with Crippen LogP contribution in [0, 0.1) is 0 Å². The number of hydrogen-bond acceptors (Lipinski definition) is 5. The number of carbonyl (C=O) groups excluding carboxylic acids is 2. The number of benzene rings is 1. The average molecular weight is 382 g/mol. The summed E-state index contributed by atoms with van der Waals surface area (Å²) in [5.74, 6) is 1.15. The van der Waals surface area contributed by atoms with Gasteiger partial charge in [0, 0.05) is 10.5 Å². The van der Waals surface area contributed by atoms with E-state index < -0.39 is 0 Å². The van der Waals surface area contributed by atoms with Crippen LogP contribution in [0.3, 0.4) is 0 Å². The van der Waals surface area contributed by atoms with Gasteiger partial charge in [0.2, 0.25) is 5.91 Å². The molecule has 0 spiro atoms. The maximum atomic E-state index is 13.2. The van der Waals surface area contributed by atoms with Gasteiger partial charge >= 0.3 is 0 Å². The lowest BCUT2D eigenvalue weighted by molar-refractivity contribution is -0.115. The Labute approximate surface area is 160 Å². The van der Waals surface area contributed by atoms with Crippen LogP contribution in [0.4, 0.5) is 5.69 Å². The Balaban J connectivity index is 1.60. The highest BCUT2D eigenvalue weighted by Gasteiger charge is 2.25. The molecule has 2 aromatic heterocycles. The fourth-order valence-corrected chi connectivity index (χ4v) is 3.84. The predicted octanol–water partition coefficient (Wildman–Crippen LogP) is 4.15. The number of amides is 2. The smallest absolute Gasteiger partial charge is 0.254 e. The molecule has 0 fully saturated rings. The number of rotatable bonds is 5. The molecule has 0 bridgehead atoms. The van der Waals surface area contributed by atoms with E-state index in [-0.39, 0.29) is 17.1 Å². The summed E-state index contributed by atoms with van der Waals surface area (Å²) in [5.41, 5.74) is 1.17. The summed E-state index contributed by atoms with van der Waals surface area (Å²) in [5, 5.41) is 2.72. The Morgan fingerprint density at radius 1 is 1.11 bits per heavy atom. The standard InChI is InChI=1S/C20H18N2O4S/c1-13-19(23)21-17-10-14(6-7-18(17)27-13)20(24)22(11-15-4-2-8-25-15)12-16-5-3-9-26-16/h2-10,13H,11-12H2,1H3,(H,21,23). The second kappa shape index (κ2) is 7.36. The van der Waals surface area contributed by atoms with Crippen molar-refractivity contribution in [2.75, 3.05) is 5.32 Å². The van der Waals surface area contributed by atoms with Crippen LogP contribution in [-0.2, 0) is 17.9 Å². The van der Waals surface area contributed by atoms with E-state index in [0.717, 1.165) is 4.90 Å². The molecule has 1 unspecified atom stereocenters. The Hall–Kier alpha value is -2.93. The van der Waals surface area contributed by atoms with Crippen LogP contribution in [0.15, 0.2) is 68.7 Å². The number of hydrogen-bond donors (Lipinski definition) is 1. The minimum absolute atomic E-state index is 0.0554. The molecule has 4 rings (SSSR count). The first-order valence-corrected chi connectivity index (χ1v) is 9.44. The summed E-state index contributed by atoms with van der Waals surface area (Å²) in [6.45, 7) is 2.50. The molecule has 0 radical (unpaired) electrons. The minimum Gasteiger partial charge on any atom is -0.467 e. The predicted molar refractivity (Wildman–Crippen MR) is 101 cm³/mol. The summed E-state index contributed by atoms with van der Waals surface area (Å²) in [7, 11) is 0. The first kappa shape index (κ1) is 17.5. The number of nitrogens with zero attached hydrogens (tertiary/aromatic N) is 1. The summed E-state index contributed by atoms with van der Waals surface area (Å²) in [4.78, 5) is 27.7. The van der Waals surface area contributed by atoms with E-state index in [0.29, 0.717) is 35.9 Å². The lowest BCUT2D eigenvalue weighted by Gasteiger charge is -2.24. The van der Waals surface area contributed by atoms with Gasteiger partial charge in [-0.1, -0.05) is 0 Å². The van der Waals surface area contributed by atoms with Gasteiger partial charge in [-0.15, -0.1) is 11.8 Å². The Morgan fingerprint density at radius 3 is 2.37 bits per heavy atom. The van der Waals surface area contributed by atoms with Crippen molar-refractivity contribution < 1.29 is 18.4 Å². The fourth-order valence-electron chi connectivity index (χ4n) is 2.91. The Morgan fingerprint density at radius 2 is 1.78 bits per heavy atom. The maximum Gasteiger partial charge on any atom is 0.254 e. The second-order valence-electron chi connectivity index (χ2n) is 6.28. The summed E-state index contributed by atoms with van der Waals surface area (Å²) >= 11 is 1.49. The number of nitrogens with one attached hydrogen (secondary N) is 1. The molecule has 1 aliphatic heterocycles. The molecule has 1 atom stereocenters. The van der Waals surface area contributed by atoms with Gasteiger partial charge in [-0.25, -0.2) is 0 Å². The van der Waals surface area contributed by atoms with Gasteiger partial charge in [0.1, 0.15) is 11.5 Å². The lowest BCUT2D eigenvalue weighted by atomic mass is 10.1. The highest BCUT2D eigenvalue weighted by atomic mass is 32.2. The Kier molecular flexibility index (Phi) is 4.77. The molecule has 1 N–H and O–H groups in total. The third-order valence-corrected chi connectivity index (χ3v) is 5.48. The van der Waals surface area contributed by atoms with Crippen molar-refractivity contribution >= 4 is 29.3 Å². The molecular weight excluding hydrogens is 364 g/mol. The van der Waals surface area contributed by atoms with Crippen LogP contribution in [0.25, 0.3) is 0 Å². The zero-order chi connectivity index (χ0) is 18.8. The van der Waals surface area contributed by atoms with Gasteiger partial charge in [0.05, 0.1) is 36.6 Å². The molecule has 0 aliphatic carbocycles. The first-order chi connectivity index (χ1) is 13.1. The molecule has 2 amide bonds. The fraction of sp³-hybridized carbons (Fsp3) is 0.200. The van der Waals surface area contributed by atoms with Crippen LogP contribution in [0.5, 0.6) is 0 Å². The van der Waals surface area contributed by atoms with Crippen LogP contribution >= 0.6 is 11.8 Å². The van der Waals surface area contributed by atoms with E-state index in [4.69, 9.17) is 8.83 Å². The minimum atomic E-state index is -0.163. The summed E-state index contributed by atoms with van der Waals surface area (Å²) in [6.07, 6.45) is 3.16.